The van der Waals surface area contributed by atoms with Gasteiger partial charge in [-0.1, -0.05) is 12.1 Å². The Morgan fingerprint density at radius 2 is 2.04 bits per heavy atom. The van der Waals surface area contributed by atoms with Crippen molar-refractivity contribution in [1.29, 1.82) is 0 Å². The zero-order chi connectivity index (χ0) is 19.8. The molecule has 1 aromatic heterocycles. The number of carbonyl (C=O) groups is 1. The molecule has 2 aromatic rings. The fourth-order valence-electron chi connectivity index (χ4n) is 3.70. The van der Waals surface area contributed by atoms with E-state index in [-0.39, 0.29) is 18.6 Å². The van der Waals surface area contributed by atoms with Gasteiger partial charge in [0, 0.05) is 42.6 Å². The van der Waals surface area contributed by atoms with E-state index in [4.69, 9.17) is 14.0 Å². The predicted molar refractivity (Wildman–Crippen MR) is 104 cm³/mol. The normalized spacial score (nSPS) is 16.6. The fourth-order valence-corrected chi connectivity index (χ4v) is 3.70. The molecule has 1 aromatic carbocycles. The molecule has 1 amide bonds. The average molecular weight is 385 g/mol. The van der Waals surface area contributed by atoms with E-state index < -0.39 is 0 Å². The Kier molecular flexibility index (Phi) is 5.02. The molecular formula is C21H27N3O4. The SMILES string of the molecule is CC(C)N(C)C[C@@H](C)C(=O)N1CCc2onc(-c3ccc4c(c3)OCO4)c2C1. The third-order valence-electron chi connectivity index (χ3n) is 5.65. The summed E-state index contributed by atoms with van der Waals surface area (Å²) in [6.45, 7) is 8.45. The molecule has 0 unspecified atom stereocenters. The summed E-state index contributed by atoms with van der Waals surface area (Å²) >= 11 is 0. The molecule has 0 radical (unpaired) electrons. The van der Waals surface area contributed by atoms with Gasteiger partial charge in [-0.15, -0.1) is 0 Å². The van der Waals surface area contributed by atoms with Crippen LogP contribution in [0.15, 0.2) is 22.7 Å². The Balaban J connectivity index is 1.52. The quantitative estimate of drug-likeness (QED) is 0.788. The summed E-state index contributed by atoms with van der Waals surface area (Å²) in [5.74, 6) is 2.44. The van der Waals surface area contributed by atoms with E-state index in [2.05, 4.69) is 31.0 Å². The number of carbonyl (C=O) groups excluding carboxylic acids is 1. The van der Waals surface area contributed by atoms with Gasteiger partial charge in [-0.2, -0.15) is 0 Å². The number of amides is 1. The van der Waals surface area contributed by atoms with Crippen molar-refractivity contribution in [2.75, 3.05) is 26.9 Å². The van der Waals surface area contributed by atoms with Crippen molar-refractivity contribution in [3.05, 3.63) is 29.5 Å². The van der Waals surface area contributed by atoms with E-state index in [1.54, 1.807) is 0 Å². The summed E-state index contributed by atoms with van der Waals surface area (Å²) < 4.78 is 16.4. The summed E-state index contributed by atoms with van der Waals surface area (Å²) in [5.41, 5.74) is 2.68. The van der Waals surface area contributed by atoms with Crippen LogP contribution in [0.25, 0.3) is 11.3 Å². The van der Waals surface area contributed by atoms with Crippen molar-refractivity contribution in [2.24, 2.45) is 5.92 Å². The lowest BCUT2D eigenvalue weighted by Crippen LogP contribution is -2.43. The monoisotopic (exact) mass is 385 g/mol. The molecule has 7 heteroatoms. The van der Waals surface area contributed by atoms with Crippen LogP contribution in [0.3, 0.4) is 0 Å². The van der Waals surface area contributed by atoms with Gasteiger partial charge in [-0.3, -0.25) is 4.79 Å². The number of ether oxygens (including phenoxy) is 2. The van der Waals surface area contributed by atoms with E-state index in [0.717, 1.165) is 34.9 Å². The maximum atomic E-state index is 13.0. The van der Waals surface area contributed by atoms with Gasteiger partial charge < -0.3 is 23.8 Å². The highest BCUT2D eigenvalue weighted by Gasteiger charge is 2.30. The lowest BCUT2D eigenvalue weighted by atomic mass is 9.99. The third-order valence-corrected chi connectivity index (χ3v) is 5.65. The molecule has 0 fully saturated rings. The first-order chi connectivity index (χ1) is 13.4. The highest BCUT2D eigenvalue weighted by Crippen LogP contribution is 2.38. The van der Waals surface area contributed by atoms with Crippen molar-refractivity contribution in [2.45, 2.75) is 39.8 Å². The van der Waals surface area contributed by atoms with Gasteiger partial charge in [-0.05, 0) is 39.1 Å². The van der Waals surface area contributed by atoms with Gasteiger partial charge in [-0.25, -0.2) is 0 Å². The molecule has 7 nitrogen and oxygen atoms in total. The first-order valence-electron chi connectivity index (χ1n) is 9.80. The largest absolute Gasteiger partial charge is 0.454 e. The number of hydrogen-bond acceptors (Lipinski definition) is 6. The molecule has 0 bridgehead atoms. The van der Waals surface area contributed by atoms with Gasteiger partial charge in [0.2, 0.25) is 12.7 Å². The van der Waals surface area contributed by atoms with Crippen molar-refractivity contribution >= 4 is 5.91 Å². The van der Waals surface area contributed by atoms with E-state index >= 15 is 0 Å². The molecule has 0 saturated carbocycles. The zero-order valence-corrected chi connectivity index (χ0v) is 16.9. The lowest BCUT2D eigenvalue weighted by molar-refractivity contribution is -0.136. The number of fused-ring (bicyclic) bond motifs is 2. The minimum absolute atomic E-state index is 0.0530. The second kappa shape index (κ2) is 7.47. The second-order valence-electron chi connectivity index (χ2n) is 7.95. The van der Waals surface area contributed by atoms with Crippen LogP contribution in [-0.2, 0) is 17.8 Å². The Hall–Kier alpha value is -2.54. The number of nitrogens with zero attached hydrogens (tertiary/aromatic N) is 3. The Labute approximate surface area is 165 Å². The molecular weight excluding hydrogens is 358 g/mol. The molecule has 0 N–H and O–H groups in total. The molecule has 3 heterocycles. The minimum Gasteiger partial charge on any atom is -0.454 e. The molecule has 150 valence electrons. The summed E-state index contributed by atoms with van der Waals surface area (Å²) in [4.78, 5) is 17.1. The molecule has 0 saturated heterocycles. The number of rotatable bonds is 5. The maximum Gasteiger partial charge on any atom is 0.231 e. The summed E-state index contributed by atoms with van der Waals surface area (Å²) in [5, 5.41) is 4.29. The minimum atomic E-state index is -0.0530. The van der Waals surface area contributed by atoms with E-state index in [9.17, 15) is 4.79 Å². The molecule has 0 aliphatic carbocycles. The molecule has 1 atom stereocenters. The predicted octanol–water partition coefficient (Wildman–Crippen LogP) is 2.93. The molecule has 28 heavy (non-hydrogen) atoms. The van der Waals surface area contributed by atoms with Gasteiger partial charge >= 0.3 is 0 Å². The number of hydrogen-bond donors (Lipinski definition) is 0. The second-order valence-corrected chi connectivity index (χ2v) is 7.95. The first-order valence-corrected chi connectivity index (χ1v) is 9.80. The fraction of sp³-hybridized carbons (Fsp3) is 0.524. The highest BCUT2D eigenvalue weighted by molar-refractivity contribution is 5.79. The van der Waals surface area contributed by atoms with Gasteiger partial charge in [0.05, 0.1) is 6.54 Å². The van der Waals surface area contributed by atoms with Crippen LogP contribution in [0.1, 0.15) is 32.1 Å². The molecule has 2 aliphatic rings. The van der Waals surface area contributed by atoms with Crippen molar-refractivity contribution in [3.8, 4) is 22.8 Å². The third kappa shape index (κ3) is 3.46. The number of aromatic nitrogens is 1. The van der Waals surface area contributed by atoms with Crippen LogP contribution in [-0.4, -0.2) is 53.8 Å². The van der Waals surface area contributed by atoms with Crippen LogP contribution in [0.5, 0.6) is 11.5 Å². The standard InChI is InChI=1S/C21H27N3O4/c1-13(2)23(4)10-14(3)21(25)24-8-7-17-16(11-24)20(22-28-17)15-5-6-18-19(9-15)27-12-26-18/h5-6,9,13-14H,7-8,10-12H2,1-4H3/t14-/m1/s1. The lowest BCUT2D eigenvalue weighted by Gasteiger charge is -2.31. The average Bonchev–Trinajstić information content (AvgIpc) is 3.32. The van der Waals surface area contributed by atoms with E-state index in [1.807, 2.05) is 30.0 Å². The molecule has 0 spiro atoms. The van der Waals surface area contributed by atoms with Crippen LogP contribution < -0.4 is 9.47 Å². The van der Waals surface area contributed by atoms with Crippen molar-refractivity contribution < 1.29 is 18.8 Å². The van der Waals surface area contributed by atoms with Gasteiger partial charge in [0.15, 0.2) is 11.5 Å². The van der Waals surface area contributed by atoms with Crippen LogP contribution in [0.2, 0.25) is 0 Å². The Morgan fingerprint density at radius 3 is 2.82 bits per heavy atom. The first kappa shape index (κ1) is 18.8. The summed E-state index contributed by atoms with van der Waals surface area (Å²) in [7, 11) is 2.06. The van der Waals surface area contributed by atoms with Crippen LogP contribution >= 0.6 is 0 Å². The maximum absolute atomic E-state index is 13.0. The van der Waals surface area contributed by atoms with E-state index in [1.165, 1.54) is 0 Å². The number of benzene rings is 1. The topological polar surface area (TPSA) is 68.0 Å². The van der Waals surface area contributed by atoms with Crippen LogP contribution in [0, 0.1) is 5.92 Å². The molecule has 2 aliphatic heterocycles. The van der Waals surface area contributed by atoms with E-state index in [0.29, 0.717) is 31.3 Å². The summed E-state index contributed by atoms with van der Waals surface area (Å²) in [6.07, 6.45) is 0.686. The Morgan fingerprint density at radius 1 is 1.25 bits per heavy atom. The summed E-state index contributed by atoms with van der Waals surface area (Å²) in [6, 6.07) is 6.17. The highest BCUT2D eigenvalue weighted by atomic mass is 16.7. The van der Waals surface area contributed by atoms with Crippen LogP contribution in [0.4, 0.5) is 0 Å². The zero-order valence-electron chi connectivity index (χ0n) is 16.9. The van der Waals surface area contributed by atoms with Crippen molar-refractivity contribution in [3.63, 3.8) is 0 Å². The van der Waals surface area contributed by atoms with Crippen molar-refractivity contribution in [1.82, 2.24) is 15.0 Å². The smallest absolute Gasteiger partial charge is 0.231 e. The molecule has 4 rings (SSSR count). The van der Waals surface area contributed by atoms with Gasteiger partial charge in [0.1, 0.15) is 11.5 Å². The Bertz CT molecular complexity index is 877. The van der Waals surface area contributed by atoms with Gasteiger partial charge in [0.25, 0.3) is 0 Å².